The zero-order valence-corrected chi connectivity index (χ0v) is 9.17. The predicted molar refractivity (Wildman–Crippen MR) is 61.4 cm³/mol. The molecule has 0 heterocycles. The second kappa shape index (κ2) is 5.55. The van der Waals surface area contributed by atoms with Gasteiger partial charge in [0.15, 0.2) is 11.5 Å². The van der Waals surface area contributed by atoms with Crippen LogP contribution in [0, 0.1) is 0 Å². The smallest absolute Gasteiger partial charge is 0.410 e. The summed E-state index contributed by atoms with van der Waals surface area (Å²) in [5, 5.41) is 0. The first-order valence-corrected chi connectivity index (χ1v) is 4.65. The largest absolute Gasteiger partial charge is 0.493 e. The number of nitrogens with two attached hydrogens (primary N) is 2. The van der Waals surface area contributed by atoms with E-state index in [0.717, 1.165) is 0 Å². The van der Waals surface area contributed by atoms with Gasteiger partial charge in [-0.15, -0.1) is 0 Å². The third kappa shape index (κ3) is 3.86. The minimum atomic E-state index is -0.927. The molecule has 2 amide bonds. The van der Waals surface area contributed by atoms with Crippen LogP contribution < -0.4 is 20.9 Å². The highest BCUT2D eigenvalue weighted by molar-refractivity contribution is 5.90. The number of benzene rings is 1. The summed E-state index contributed by atoms with van der Waals surface area (Å²) in [4.78, 5) is 21.2. The number of amides is 2. The van der Waals surface area contributed by atoms with Gasteiger partial charge in [-0.25, -0.2) is 4.79 Å². The van der Waals surface area contributed by atoms with Crippen molar-refractivity contribution in [1.82, 2.24) is 0 Å². The first-order chi connectivity index (χ1) is 8.02. The molecule has 6 heteroatoms. The average molecular weight is 236 g/mol. The van der Waals surface area contributed by atoms with Crippen molar-refractivity contribution in [1.29, 1.82) is 0 Å². The Morgan fingerprint density at radius 2 is 1.94 bits per heavy atom. The van der Waals surface area contributed by atoms with Gasteiger partial charge >= 0.3 is 6.09 Å². The SMILES string of the molecule is COc1cc(C=CC(N)=O)ccc1OC(N)=O. The lowest BCUT2D eigenvalue weighted by atomic mass is 10.2. The monoisotopic (exact) mass is 236 g/mol. The number of methoxy groups -OCH3 is 1. The highest BCUT2D eigenvalue weighted by atomic mass is 16.6. The molecule has 0 fully saturated rings. The summed E-state index contributed by atoms with van der Waals surface area (Å²) >= 11 is 0. The molecule has 0 spiro atoms. The molecule has 0 aliphatic rings. The molecule has 0 atom stereocenters. The van der Waals surface area contributed by atoms with E-state index in [9.17, 15) is 9.59 Å². The standard InChI is InChI=1S/C11H12N2O4/c1-16-9-6-7(3-5-10(12)14)2-4-8(9)17-11(13)15/h2-6H,1H3,(H2,12,14)(H2,13,15). The minimum absolute atomic E-state index is 0.205. The second-order valence-electron chi connectivity index (χ2n) is 3.07. The maximum Gasteiger partial charge on any atom is 0.410 e. The van der Waals surface area contributed by atoms with Crippen molar-refractivity contribution in [2.24, 2.45) is 11.5 Å². The van der Waals surface area contributed by atoms with Gasteiger partial charge in [0.25, 0.3) is 0 Å². The van der Waals surface area contributed by atoms with Crippen molar-refractivity contribution >= 4 is 18.1 Å². The van der Waals surface area contributed by atoms with E-state index in [-0.39, 0.29) is 5.75 Å². The van der Waals surface area contributed by atoms with Crippen molar-refractivity contribution < 1.29 is 19.1 Å². The number of rotatable bonds is 4. The zero-order chi connectivity index (χ0) is 12.8. The lowest BCUT2D eigenvalue weighted by Crippen LogP contribution is -2.16. The third-order valence-electron chi connectivity index (χ3n) is 1.84. The van der Waals surface area contributed by atoms with Crippen molar-refractivity contribution in [2.75, 3.05) is 7.11 Å². The van der Waals surface area contributed by atoms with Crippen molar-refractivity contribution in [3.05, 3.63) is 29.8 Å². The molecule has 1 aromatic rings. The van der Waals surface area contributed by atoms with Crippen LogP contribution in [0.3, 0.4) is 0 Å². The van der Waals surface area contributed by atoms with Gasteiger partial charge in [-0.05, 0) is 23.8 Å². The highest BCUT2D eigenvalue weighted by Gasteiger charge is 2.07. The van der Waals surface area contributed by atoms with Gasteiger partial charge in [0.1, 0.15) is 0 Å². The number of carbonyl (C=O) groups is 2. The van der Waals surface area contributed by atoms with Crippen LogP contribution in [0.4, 0.5) is 4.79 Å². The van der Waals surface area contributed by atoms with Crippen molar-refractivity contribution in [3.63, 3.8) is 0 Å². The summed E-state index contributed by atoms with van der Waals surface area (Å²) in [5.41, 5.74) is 10.5. The number of ether oxygens (including phenoxy) is 2. The summed E-state index contributed by atoms with van der Waals surface area (Å²) in [7, 11) is 1.42. The zero-order valence-electron chi connectivity index (χ0n) is 9.17. The third-order valence-corrected chi connectivity index (χ3v) is 1.84. The first kappa shape index (κ1) is 12.6. The molecule has 1 rings (SSSR count). The fraction of sp³-hybridized carbons (Fsp3) is 0.0909. The number of hydrogen-bond donors (Lipinski definition) is 2. The average Bonchev–Trinajstić information content (AvgIpc) is 2.26. The topological polar surface area (TPSA) is 105 Å². The van der Waals surface area contributed by atoms with Crippen LogP contribution in [0.15, 0.2) is 24.3 Å². The molecule has 1 aromatic carbocycles. The van der Waals surface area contributed by atoms with Gasteiger partial charge in [0.2, 0.25) is 5.91 Å². The number of primary amides is 2. The molecule has 4 N–H and O–H groups in total. The predicted octanol–water partition coefficient (Wildman–Crippen LogP) is 0.651. The van der Waals surface area contributed by atoms with Crippen LogP contribution >= 0.6 is 0 Å². The Morgan fingerprint density at radius 3 is 2.47 bits per heavy atom. The van der Waals surface area contributed by atoms with Crippen LogP contribution in [0.5, 0.6) is 11.5 Å². The fourth-order valence-corrected chi connectivity index (χ4v) is 1.16. The summed E-state index contributed by atoms with van der Waals surface area (Å²) in [6.07, 6.45) is 1.80. The Bertz CT molecular complexity index is 469. The van der Waals surface area contributed by atoms with E-state index in [0.29, 0.717) is 11.3 Å². The van der Waals surface area contributed by atoms with Gasteiger partial charge in [-0.2, -0.15) is 0 Å². The van der Waals surface area contributed by atoms with Crippen molar-refractivity contribution in [3.8, 4) is 11.5 Å². The summed E-state index contributed by atoms with van der Waals surface area (Å²) in [5.74, 6) is -0.0203. The molecular formula is C11H12N2O4. The van der Waals surface area contributed by atoms with E-state index in [1.165, 1.54) is 25.3 Å². The van der Waals surface area contributed by atoms with Gasteiger partial charge in [0.05, 0.1) is 7.11 Å². The quantitative estimate of drug-likeness (QED) is 0.749. The molecule has 17 heavy (non-hydrogen) atoms. The van der Waals surface area contributed by atoms with Crippen LogP contribution in [-0.4, -0.2) is 19.1 Å². The van der Waals surface area contributed by atoms with Crippen LogP contribution in [0.2, 0.25) is 0 Å². The van der Waals surface area contributed by atoms with E-state index in [2.05, 4.69) is 0 Å². The van der Waals surface area contributed by atoms with E-state index >= 15 is 0 Å². The molecule has 0 aromatic heterocycles. The molecule has 0 aliphatic heterocycles. The second-order valence-corrected chi connectivity index (χ2v) is 3.07. The Hall–Kier alpha value is -2.50. The molecule has 0 radical (unpaired) electrons. The lowest BCUT2D eigenvalue weighted by molar-refractivity contribution is -0.113. The van der Waals surface area contributed by atoms with Gasteiger partial charge in [-0.1, -0.05) is 6.07 Å². The van der Waals surface area contributed by atoms with Crippen LogP contribution in [-0.2, 0) is 4.79 Å². The maximum atomic E-state index is 10.6. The Morgan fingerprint density at radius 1 is 1.24 bits per heavy atom. The van der Waals surface area contributed by atoms with E-state index in [1.807, 2.05) is 0 Å². The van der Waals surface area contributed by atoms with Gasteiger partial charge < -0.3 is 20.9 Å². The van der Waals surface area contributed by atoms with E-state index in [4.69, 9.17) is 20.9 Å². The summed E-state index contributed by atoms with van der Waals surface area (Å²) in [6, 6.07) is 4.71. The molecule has 0 unspecified atom stereocenters. The van der Waals surface area contributed by atoms with E-state index in [1.54, 1.807) is 12.1 Å². The lowest BCUT2D eigenvalue weighted by Gasteiger charge is -2.07. The van der Waals surface area contributed by atoms with Crippen LogP contribution in [0.25, 0.3) is 6.08 Å². The highest BCUT2D eigenvalue weighted by Crippen LogP contribution is 2.28. The van der Waals surface area contributed by atoms with E-state index < -0.39 is 12.0 Å². The first-order valence-electron chi connectivity index (χ1n) is 4.65. The number of carbonyl (C=O) groups excluding carboxylic acids is 2. The van der Waals surface area contributed by atoms with Crippen LogP contribution in [0.1, 0.15) is 5.56 Å². The van der Waals surface area contributed by atoms with Gasteiger partial charge in [0, 0.05) is 6.08 Å². The minimum Gasteiger partial charge on any atom is -0.493 e. The molecular weight excluding hydrogens is 224 g/mol. The molecule has 0 bridgehead atoms. The fourth-order valence-electron chi connectivity index (χ4n) is 1.16. The maximum absolute atomic E-state index is 10.6. The summed E-state index contributed by atoms with van der Waals surface area (Å²) < 4.78 is 9.73. The van der Waals surface area contributed by atoms with Crippen molar-refractivity contribution in [2.45, 2.75) is 0 Å². The Labute approximate surface area is 97.8 Å². The molecule has 6 nitrogen and oxygen atoms in total. The van der Waals surface area contributed by atoms with Gasteiger partial charge in [-0.3, -0.25) is 4.79 Å². The Kier molecular flexibility index (Phi) is 4.10. The molecule has 0 saturated heterocycles. The normalized spacial score (nSPS) is 10.2. The summed E-state index contributed by atoms with van der Waals surface area (Å²) in [6.45, 7) is 0. The molecule has 0 aliphatic carbocycles. The Balaban J connectivity index is 2.99. The molecule has 90 valence electrons. The molecule has 0 saturated carbocycles. The number of hydrogen-bond acceptors (Lipinski definition) is 4.